The molecule has 4 aromatic rings. The standard InChI is InChI=1S/C28H25N7O/c1-19-15-27(21-11-13-29-14-12-21)34-28(32-19)35-31-18-24-9-10-25(17-30-24)33-23-7-5-20(6-8-23)22-3-2-4-26(36)16-22/h2-13,15-18,29,33,36H,14H2,1H3,(H,32,34,35)/b31-18+. The van der Waals surface area contributed by atoms with E-state index in [1.54, 1.807) is 24.5 Å². The fraction of sp³-hybridized carbons (Fsp3) is 0.0714. The van der Waals surface area contributed by atoms with Crippen molar-refractivity contribution >= 4 is 29.1 Å². The van der Waals surface area contributed by atoms with Gasteiger partial charge in [-0.2, -0.15) is 5.10 Å². The minimum Gasteiger partial charge on any atom is -0.508 e. The number of allylic oxidation sites excluding steroid dienone is 2. The third-order valence-corrected chi connectivity index (χ3v) is 5.47. The number of hydrazone groups is 1. The van der Waals surface area contributed by atoms with Gasteiger partial charge in [-0.15, -0.1) is 0 Å². The van der Waals surface area contributed by atoms with Gasteiger partial charge in [0.2, 0.25) is 5.95 Å². The zero-order valence-corrected chi connectivity index (χ0v) is 19.7. The average Bonchev–Trinajstić information content (AvgIpc) is 2.90. The predicted octanol–water partition coefficient (Wildman–Crippen LogP) is 5.24. The molecule has 8 nitrogen and oxygen atoms in total. The van der Waals surface area contributed by atoms with Crippen LogP contribution in [0, 0.1) is 6.92 Å². The van der Waals surface area contributed by atoms with Crippen molar-refractivity contribution in [3.8, 4) is 16.9 Å². The molecule has 3 heterocycles. The maximum atomic E-state index is 9.68. The van der Waals surface area contributed by atoms with Crippen molar-refractivity contribution < 1.29 is 5.11 Å². The number of pyridine rings is 1. The minimum atomic E-state index is 0.253. The molecule has 0 fully saturated rings. The number of nitrogens with one attached hydrogen (secondary N) is 3. The van der Waals surface area contributed by atoms with Crippen LogP contribution in [0.2, 0.25) is 0 Å². The number of phenols is 1. The van der Waals surface area contributed by atoms with Crippen molar-refractivity contribution in [1.82, 2.24) is 20.3 Å². The molecule has 0 saturated carbocycles. The lowest BCUT2D eigenvalue weighted by atomic mass is 10.1. The lowest BCUT2D eigenvalue weighted by molar-refractivity contribution is 0.475. The van der Waals surface area contributed by atoms with E-state index in [2.05, 4.69) is 42.2 Å². The van der Waals surface area contributed by atoms with Crippen molar-refractivity contribution in [2.75, 3.05) is 17.3 Å². The van der Waals surface area contributed by atoms with Gasteiger partial charge in [0.1, 0.15) is 5.75 Å². The lowest BCUT2D eigenvalue weighted by Gasteiger charge is -2.10. The first-order chi connectivity index (χ1) is 17.6. The van der Waals surface area contributed by atoms with Crippen molar-refractivity contribution in [3.05, 3.63) is 108 Å². The van der Waals surface area contributed by atoms with E-state index in [1.807, 2.05) is 73.8 Å². The number of hydrogen-bond acceptors (Lipinski definition) is 8. The van der Waals surface area contributed by atoms with Gasteiger partial charge in [0.05, 0.1) is 29.5 Å². The molecule has 0 bridgehead atoms. The lowest BCUT2D eigenvalue weighted by Crippen LogP contribution is -2.09. The number of benzene rings is 2. The van der Waals surface area contributed by atoms with E-state index in [0.29, 0.717) is 11.6 Å². The van der Waals surface area contributed by atoms with Crippen molar-refractivity contribution in [1.29, 1.82) is 0 Å². The van der Waals surface area contributed by atoms with Gasteiger partial charge in [0, 0.05) is 17.9 Å². The van der Waals surface area contributed by atoms with Gasteiger partial charge in [-0.25, -0.2) is 15.4 Å². The Morgan fingerprint density at radius 1 is 0.972 bits per heavy atom. The molecule has 5 rings (SSSR count). The Bertz CT molecular complexity index is 1440. The van der Waals surface area contributed by atoms with Gasteiger partial charge >= 0.3 is 0 Å². The SMILES string of the molecule is Cc1cc(C2=CCNC=C2)nc(N/N=C/c2ccc(Nc3ccc(-c4cccc(O)c4)cc3)cn2)n1. The topological polar surface area (TPSA) is 107 Å². The van der Waals surface area contributed by atoms with Gasteiger partial charge in [-0.05, 0) is 78.4 Å². The number of nitrogens with zero attached hydrogens (tertiary/aromatic N) is 4. The average molecular weight is 476 g/mol. The molecule has 0 aliphatic carbocycles. The van der Waals surface area contributed by atoms with E-state index in [-0.39, 0.29) is 5.75 Å². The Labute approximate surface area is 209 Å². The minimum absolute atomic E-state index is 0.253. The molecule has 0 spiro atoms. The van der Waals surface area contributed by atoms with Gasteiger partial charge in [0.15, 0.2) is 0 Å². The first-order valence-corrected chi connectivity index (χ1v) is 11.5. The maximum Gasteiger partial charge on any atom is 0.244 e. The summed E-state index contributed by atoms with van der Waals surface area (Å²) in [5.74, 6) is 0.685. The van der Waals surface area contributed by atoms with Gasteiger partial charge in [0.25, 0.3) is 0 Å². The van der Waals surface area contributed by atoms with Crippen molar-refractivity contribution in [3.63, 3.8) is 0 Å². The molecule has 1 aliphatic rings. The Kier molecular flexibility index (Phi) is 6.66. The molecule has 8 heteroatoms. The van der Waals surface area contributed by atoms with Crippen molar-refractivity contribution in [2.24, 2.45) is 5.10 Å². The summed E-state index contributed by atoms with van der Waals surface area (Å²) in [6.07, 6.45) is 9.36. The van der Waals surface area contributed by atoms with Crippen LogP contribution in [-0.2, 0) is 0 Å². The Morgan fingerprint density at radius 2 is 1.83 bits per heavy atom. The third kappa shape index (κ3) is 5.74. The molecule has 0 amide bonds. The quantitative estimate of drug-likeness (QED) is 0.214. The van der Waals surface area contributed by atoms with Gasteiger partial charge in [-0.3, -0.25) is 4.98 Å². The van der Waals surface area contributed by atoms with Crippen LogP contribution in [-0.4, -0.2) is 32.8 Å². The second kappa shape index (κ2) is 10.5. The zero-order chi connectivity index (χ0) is 24.7. The summed E-state index contributed by atoms with van der Waals surface area (Å²) in [6, 6.07) is 21.0. The molecule has 1 aliphatic heterocycles. The van der Waals surface area contributed by atoms with Crippen LogP contribution in [0.15, 0.2) is 96.4 Å². The number of aromatic nitrogens is 3. The summed E-state index contributed by atoms with van der Waals surface area (Å²) < 4.78 is 0. The summed E-state index contributed by atoms with van der Waals surface area (Å²) >= 11 is 0. The maximum absolute atomic E-state index is 9.68. The second-order valence-corrected chi connectivity index (χ2v) is 8.21. The smallest absolute Gasteiger partial charge is 0.244 e. The summed E-state index contributed by atoms with van der Waals surface area (Å²) in [7, 11) is 0. The fourth-order valence-corrected chi connectivity index (χ4v) is 3.72. The predicted molar refractivity (Wildman–Crippen MR) is 144 cm³/mol. The number of anilines is 3. The molecule has 36 heavy (non-hydrogen) atoms. The number of phenolic OH excluding ortho intramolecular Hbond substituents is 1. The molecule has 0 saturated heterocycles. The fourth-order valence-electron chi connectivity index (χ4n) is 3.72. The highest BCUT2D eigenvalue weighted by Crippen LogP contribution is 2.25. The molecule has 0 unspecified atom stereocenters. The highest BCUT2D eigenvalue weighted by molar-refractivity contribution is 5.78. The first-order valence-electron chi connectivity index (χ1n) is 11.5. The van der Waals surface area contributed by atoms with Crippen LogP contribution in [0.25, 0.3) is 16.7 Å². The van der Waals surface area contributed by atoms with E-state index >= 15 is 0 Å². The van der Waals surface area contributed by atoms with E-state index in [1.165, 1.54) is 0 Å². The molecule has 2 aromatic heterocycles. The highest BCUT2D eigenvalue weighted by Gasteiger charge is 2.07. The van der Waals surface area contributed by atoms with Crippen LogP contribution >= 0.6 is 0 Å². The first kappa shape index (κ1) is 22.8. The molecule has 178 valence electrons. The zero-order valence-electron chi connectivity index (χ0n) is 19.7. The number of hydrogen-bond donors (Lipinski definition) is 4. The molecule has 4 N–H and O–H groups in total. The molecule has 0 atom stereocenters. The molecular weight excluding hydrogens is 450 g/mol. The van der Waals surface area contributed by atoms with Gasteiger partial charge < -0.3 is 15.7 Å². The van der Waals surface area contributed by atoms with Crippen LogP contribution in [0.1, 0.15) is 17.1 Å². The normalized spacial score (nSPS) is 12.8. The summed E-state index contributed by atoms with van der Waals surface area (Å²) in [4.78, 5) is 13.4. The van der Waals surface area contributed by atoms with Gasteiger partial charge in [-0.1, -0.05) is 30.3 Å². The number of dihydropyridines is 1. The van der Waals surface area contributed by atoms with Crippen LogP contribution in [0.4, 0.5) is 17.3 Å². The third-order valence-electron chi connectivity index (χ3n) is 5.47. The van der Waals surface area contributed by atoms with E-state index in [4.69, 9.17) is 0 Å². The second-order valence-electron chi connectivity index (χ2n) is 8.21. The highest BCUT2D eigenvalue weighted by atomic mass is 16.3. The van der Waals surface area contributed by atoms with E-state index in [9.17, 15) is 5.11 Å². The Hall–Kier alpha value is -4.98. The largest absolute Gasteiger partial charge is 0.508 e. The molecule has 2 aromatic carbocycles. The Morgan fingerprint density at radius 3 is 2.58 bits per heavy atom. The summed E-state index contributed by atoms with van der Waals surface area (Å²) in [5.41, 5.74) is 10.1. The van der Waals surface area contributed by atoms with Crippen molar-refractivity contribution in [2.45, 2.75) is 6.92 Å². The summed E-state index contributed by atoms with van der Waals surface area (Å²) in [6.45, 7) is 2.70. The summed E-state index contributed by atoms with van der Waals surface area (Å²) in [5, 5.41) is 20.4. The van der Waals surface area contributed by atoms with E-state index < -0.39 is 0 Å². The van der Waals surface area contributed by atoms with Crippen LogP contribution in [0.5, 0.6) is 5.75 Å². The molecular formula is C28H25N7O. The van der Waals surface area contributed by atoms with Crippen LogP contribution in [0.3, 0.4) is 0 Å². The Balaban J connectivity index is 1.20. The number of aryl methyl sites for hydroxylation is 1. The van der Waals surface area contributed by atoms with Crippen LogP contribution < -0.4 is 16.1 Å². The van der Waals surface area contributed by atoms with E-state index in [0.717, 1.165) is 46.0 Å². The number of rotatable bonds is 7. The molecule has 0 radical (unpaired) electrons. The monoisotopic (exact) mass is 475 g/mol. The number of aromatic hydroxyl groups is 1.